The van der Waals surface area contributed by atoms with Gasteiger partial charge in [0, 0.05) is 12.2 Å². The van der Waals surface area contributed by atoms with Gasteiger partial charge >= 0.3 is 0 Å². The van der Waals surface area contributed by atoms with Crippen LogP contribution in [0.5, 0.6) is 0 Å². The molecule has 1 aromatic heterocycles. The van der Waals surface area contributed by atoms with Crippen LogP contribution in [-0.2, 0) is 6.42 Å². The normalized spacial score (nSPS) is 26.4. The van der Waals surface area contributed by atoms with Gasteiger partial charge in [-0.1, -0.05) is 6.92 Å². The molecule has 2 N–H and O–H groups in total. The zero-order chi connectivity index (χ0) is 11.5. The first-order chi connectivity index (χ1) is 7.74. The maximum Gasteiger partial charge on any atom is 0.0627 e. The smallest absolute Gasteiger partial charge is 0.0627 e. The van der Waals surface area contributed by atoms with Crippen molar-refractivity contribution in [1.82, 2.24) is 9.78 Å². The summed E-state index contributed by atoms with van der Waals surface area (Å²) in [5.41, 5.74) is 6.97. The minimum Gasteiger partial charge on any atom is -0.330 e. The molecule has 0 saturated heterocycles. The quantitative estimate of drug-likeness (QED) is 0.829. The van der Waals surface area contributed by atoms with Crippen LogP contribution in [0, 0.1) is 11.8 Å². The Kier molecular flexibility index (Phi) is 3.64. The van der Waals surface area contributed by atoms with Crippen LogP contribution in [0.3, 0.4) is 0 Å². The zero-order valence-corrected chi connectivity index (χ0v) is 10.4. The second-order valence-electron chi connectivity index (χ2n) is 5.08. The number of nitrogens with two attached hydrogens (primary N) is 1. The van der Waals surface area contributed by atoms with Crippen molar-refractivity contribution in [3.05, 3.63) is 18.0 Å². The Morgan fingerprint density at radius 1 is 1.50 bits per heavy atom. The molecule has 0 radical (unpaired) electrons. The largest absolute Gasteiger partial charge is 0.330 e. The first-order valence-corrected chi connectivity index (χ1v) is 6.48. The predicted molar refractivity (Wildman–Crippen MR) is 66.2 cm³/mol. The minimum absolute atomic E-state index is 0.514. The van der Waals surface area contributed by atoms with Crippen LogP contribution in [0.25, 0.3) is 0 Å². The van der Waals surface area contributed by atoms with Crippen LogP contribution in [0.15, 0.2) is 12.3 Å². The highest BCUT2D eigenvalue weighted by atomic mass is 15.3. The molecule has 3 atom stereocenters. The van der Waals surface area contributed by atoms with Crippen molar-refractivity contribution in [3.63, 3.8) is 0 Å². The van der Waals surface area contributed by atoms with E-state index < -0.39 is 0 Å². The molecule has 0 bridgehead atoms. The van der Waals surface area contributed by atoms with Crippen molar-refractivity contribution >= 4 is 0 Å². The minimum atomic E-state index is 0.514. The van der Waals surface area contributed by atoms with Gasteiger partial charge in [0.2, 0.25) is 0 Å². The lowest BCUT2D eigenvalue weighted by atomic mass is 9.71. The molecular formula is C13H23N3. The highest BCUT2D eigenvalue weighted by molar-refractivity contribution is 5.03. The molecule has 2 rings (SSSR count). The predicted octanol–water partition coefficient (Wildman–Crippen LogP) is 2.38. The Balaban J connectivity index is 1.92. The summed E-state index contributed by atoms with van der Waals surface area (Å²) in [5, 5.41) is 4.65. The standard InChI is InChI=1S/C13H23N3/c1-3-10(2)16-7-6-13(15-16)8-11-4-5-12(11)9-14/h6-7,10-12H,3-5,8-9,14H2,1-2H3. The van der Waals surface area contributed by atoms with Crippen LogP contribution in [-0.4, -0.2) is 16.3 Å². The van der Waals surface area contributed by atoms with E-state index in [1.54, 1.807) is 0 Å². The van der Waals surface area contributed by atoms with Crippen LogP contribution in [0.2, 0.25) is 0 Å². The molecule has 3 heteroatoms. The van der Waals surface area contributed by atoms with Gasteiger partial charge in [0.25, 0.3) is 0 Å². The van der Waals surface area contributed by atoms with Gasteiger partial charge in [-0.3, -0.25) is 4.68 Å². The molecule has 0 amide bonds. The third-order valence-electron chi connectivity index (χ3n) is 4.05. The lowest BCUT2D eigenvalue weighted by molar-refractivity contribution is 0.181. The third-order valence-corrected chi connectivity index (χ3v) is 4.05. The lowest BCUT2D eigenvalue weighted by Crippen LogP contribution is -2.33. The Hall–Kier alpha value is -0.830. The average molecular weight is 221 g/mol. The molecule has 0 spiro atoms. The molecular weight excluding hydrogens is 198 g/mol. The van der Waals surface area contributed by atoms with Gasteiger partial charge in [0.05, 0.1) is 5.69 Å². The molecule has 1 heterocycles. The van der Waals surface area contributed by atoms with Crippen molar-refractivity contribution in [1.29, 1.82) is 0 Å². The van der Waals surface area contributed by atoms with E-state index in [4.69, 9.17) is 5.73 Å². The summed E-state index contributed by atoms with van der Waals surface area (Å²) in [7, 11) is 0. The topological polar surface area (TPSA) is 43.8 Å². The van der Waals surface area contributed by atoms with E-state index in [1.165, 1.54) is 18.5 Å². The van der Waals surface area contributed by atoms with E-state index in [9.17, 15) is 0 Å². The van der Waals surface area contributed by atoms with Crippen molar-refractivity contribution in [3.8, 4) is 0 Å². The Bertz CT molecular complexity index is 330. The summed E-state index contributed by atoms with van der Waals surface area (Å²) < 4.78 is 2.09. The number of nitrogens with zero attached hydrogens (tertiary/aromatic N) is 2. The third kappa shape index (κ3) is 2.29. The molecule has 0 aliphatic heterocycles. The van der Waals surface area contributed by atoms with Gasteiger partial charge in [-0.15, -0.1) is 0 Å². The summed E-state index contributed by atoms with van der Waals surface area (Å²) >= 11 is 0. The Morgan fingerprint density at radius 3 is 2.81 bits per heavy atom. The van der Waals surface area contributed by atoms with Crippen LogP contribution in [0.4, 0.5) is 0 Å². The first-order valence-electron chi connectivity index (χ1n) is 6.48. The molecule has 1 fully saturated rings. The summed E-state index contributed by atoms with van der Waals surface area (Å²) in [6.45, 7) is 5.25. The number of rotatable bonds is 5. The van der Waals surface area contributed by atoms with E-state index in [2.05, 4.69) is 35.9 Å². The van der Waals surface area contributed by atoms with Crippen molar-refractivity contribution < 1.29 is 0 Å². The number of hydrogen-bond donors (Lipinski definition) is 1. The van der Waals surface area contributed by atoms with E-state index >= 15 is 0 Å². The molecule has 3 unspecified atom stereocenters. The first kappa shape index (κ1) is 11.6. The van der Waals surface area contributed by atoms with Gasteiger partial charge in [-0.05, 0) is 57.1 Å². The number of hydrogen-bond acceptors (Lipinski definition) is 2. The maximum absolute atomic E-state index is 5.73. The molecule has 1 aliphatic carbocycles. The highest BCUT2D eigenvalue weighted by Gasteiger charge is 2.29. The molecule has 90 valence electrons. The maximum atomic E-state index is 5.73. The fourth-order valence-electron chi connectivity index (χ4n) is 2.40. The molecule has 1 saturated carbocycles. The average Bonchev–Trinajstić information content (AvgIpc) is 2.72. The van der Waals surface area contributed by atoms with Gasteiger partial charge in [0.15, 0.2) is 0 Å². The Morgan fingerprint density at radius 2 is 2.25 bits per heavy atom. The van der Waals surface area contributed by atoms with E-state index in [-0.39, 0.29) is 0 Å². The summed E-state index contributed by atoms with van der Waals surface area (Å²) in [6, 6.07) is 2.68. The van der Waals surface area contributed by atoms with Crippen molar-refractivity contribution in [2.75, 3.05) is 6.54 Å². The van der Waals surface area contributed by atoms with Crippen LogP contribution in [0.1, 0.15) is 44.8 Å². The lowest BCUT2D eigenvalue weighted by Gasteiger charge is -2.35. The fraction of sp³-hybridized carbons (Fsp3) is 0.769. The fourth-order valence-corrected chi connectivity index (χ4v) is 2.40. The van der Waals surface area contributed by atoms with E-state index in [0.29, 0.717) is 6.04 Å². The molecule has 0 aromatic carbocycles. The van der Waals surface area contributed by atoms with E-state index in [0.717, 1.165) is 31.2 Å². The molecule has 1 aliphatic rings. The molecule has 16 heavy (non-hydrogen) atoms. The monoisotopic (exact) mass is 221 g/mol. The van der Waals surface area contributed by atoms with Crippen LogP contribution < -0.4 is 5.73 Å². The summed E-state index contributed by atoms with van der Waals surface area (Å²) in [5.74, 6) is 1.53. The second kappa shape index (κ2) is 5.00. The van der Waals surface area contributed by atoms with Gasteiger partial charge < -0.3 is 5.73 Å². The molecule has 1 aromatic rings. The Labute approximate surface area is 98.0 Å². The van der Waals surface area contributed by atoms with Gasteiger partial charge in [-0.2, -0.15) is 5.10 Å². The highest BCUT2D eigenvalue weighted by Crippen LogP contribution is 2.35. The summed E-state index contributed by atoms with van der Waals surface area (Å²) in [4.78, 5) is 0. The van der Waals surface area contributed by atoms with Gasteiger partial charge in [0.1, 0.15) is 0 Å². The summed E-state index contributed by atoms with van der Waals surface area (Å²) in [6.07, 6.45) is 7.01. The van der Waals surface area contributed by atoms with E-state index in [1.807, 2.05) is 0 Å². The number of aromatic nitrogens is 2. The van der Waals surface area contributed by atoms with Gasteiger partial charge in [-0.25, -0.2) is 0 Å². The second-order valence-corrected chi connectivity index (χ2v) is 5.08. The van der Waals surface area contributed by atoms with Crippen molar-refractivity contribution in [2.45, 2.75) is 45.6 Å². The van der Waals surface area contributed by atoms with Crippen LogP contribution >= 0.6 is 0 Å². The molecule has 3 nitrogen and oxygen atoms in total. The zero-order valence-electron chi connectivity index (χ0n) is 10.4. The van der Waals surface area contributed by atoms with Crippen molar-refractivity contribution in [2.24, 2.45) is 17.6 Å². The SMILES string of the molecule is CCC(C)n1ccc(CC2CCC2CN)n1.